The average Bonchev–Trinajstić information content (AvgIpc) is 3.02. The largest absolute Gasteiger partial charge is 0.497 e. The maximum Gasteiger partial charge on any atom is 0.248 e. The number of nitriles is 1. The number of nitrogens with zero attached hydrogens (tertiary/aromatic N) is 5. The molecule has 3 fully saturated rings. The molecule has 5 rings (SSSR count). The summed E-state index contributed by atoms with van der Waals surface area (Å²) in [6.45, 7) is 3.62. The summed E-state index contributed by atoms with van der Waals surface area (Å²) in [6, 6.07) is 10.0. The summed E-state index contributed by atoms with van der Waals surface area (Å²) < 4.78 is 11.6. The molecule has 2 bridgehead atoms. The van der Waals surface area contributed by atoms with Gasteiger partial charge in [0.2, 0.25) is 5.91 Å². The minimum absolute atomic E-state index is 0.0284. The van der Waals surface area contributed by atoms with E-state index in [0.29, 0.717) is 24.6 Å². The third-order valence-electron chi connectivity index (χ3n) is 7.45. The normalized spacial score (nSPS) is 25.3. The van der Waals surface area contributed by atoms with Crippen LogP contribution >= 0.6 is 0 Å². The lowest BCUT2D eigenvalue weighted by Crippen LogP contribution is -2.57. The highest BCUT2D eigenvalue weighted by Crippen LogP contribution is 2.45. The van der Waals surface area contributed by atoms with Crippen molar-refractivity contribution in [2.45, 2.75) is 50.3 Å². The van der Waals surface area contributed by atoms with Crippen molar-refractivity contribution in [1.82, 2.24) is 14.9 Å². The number of hydrogen-bond acceptors (Lipinski definition) is 7. The van der Waals surface area contributed by atoms with Gasteiger partial charge in [-0.05, 0) is 49.8 Å². The van der Waals surface area contributed by atoms with Crippen molar-refractivity contribution in [3.05, 3.63) is 47.9 Å². The standard InChI is InChI=1S/C25H29N5O3/c1-17-10-19-14-29(15-21(17)30(19)23-5-4-18(12-26)13-28-23)24(31)16-33-25(7-3-8-25)22-11-20(32-2)6-9-27-22/h4-6,9,11,13,17,19,21H,3,7-8,10,14-16H2,1-2H3/t17-,19?,21?/m0/s1. The van der Waals surface area contributed by atoms with E-state index in [1.807, 2.05) is 29.2 Å². The van der Waals surface area contributed by atoms with Gasteiger partial charge in [-0.15, -0.1) is 0 Å². The monoisotopic (exact) mass is 447 g/mol. The van der Waals surface area contributed by atoms with Gasteiger partial charge in [-0.3, -0.25) is 9.78 Å². The Bertz CT molecular complexity index is 1060. The van der Waals surface area contributed by atoms with Crippen LogP contribution in [0.3, 0.4) is 0 Å². The summed E-state index contributed by atoms with van der Waals surface area (Å²) >= 11 is 0. The lowest BCUT2D eigenvalue weighted by atomic mass is 9.77. The Kier molecular flexibility index (Phi) is 5.67. The Morgan fingerprint density at radius 3 is 2.76 bits per heavy atom. The SMILES string of the molecule is COc1ccnc(C2(OCC(=O)N3CC4C[C@H](C)C(C3)N4c3ccc(C#N)cn3)CCC2)c1. The van der Waals surface area contributed by atoms with Gasteiger partial charge in [-0.25, -0.2) is 4.98 Å². The maximum absolute atomic E-state index is 13.2. The minimum Gasteiger partial charge on any atom is -0.497 e. The highest BCUT2D eigenvalue weighted by Gasteiger charge is 2.47. The van der Waals surface area contributed by atoms with Crippen molar-refractivity contribution in [1.29, 1.82) is 5.26 Å². The Labute approximate surface area is 194 Å². The zero-order valence-electron chi connectivity index (χ0n) is 19.1. The number of ether oxygens (including phenoxy) is 2. The molecule has 172 valence electrons. The van der Waals surface area contributed by atoms with E-state index in [4.69, 9.17) is 14.7 Å². The van der Waals surface area contributed by atoms with E-state index in [1.54, 1.807) is 19.5 Å². The van der Waals surface area contributed by atoms with E-state index in [2.05, 4.69) is 27.9 Å². The molecule has 1 aliphatic carbocycles. The van der Waals surface area contributed by atoms with E-state index < -0.39 is 5.60 Å². The average molecular weight is 448 g/mol. The number of fused-ring (bicyclic) bond motifs is 2. The number of carbonyl (C=O) groups is 1. The van der Waals surface area contributed by atoms with Gasteiger partial charge >= 0.3 is 0 Å². The van der Waals surface area contributed by atoms with Crippen molar-refractivity contribution < 1.29 is 14.3 Å². The second-order valence-electron chi connectivity index (χ2n) is 9.37. The molecule has 2 aliphatic heterocycles. The van der Waals surface area contributed by atoms with Gasteiger partial charge in [-0.1, -0.05) is 6.92 Å². The van der Waals surface area contributed by atoms with E-state index in [-0.39, 0.29) is 24.6 Å². The minimum atomic E-state index is -0.495. The first-order valence-electron chi connectivity index (χ1n) is 11.6. The van der Waals surface area contributed by atoms with Crippen LogP contribution in [0.1, 0.15) is 43.9 Å². The van der Waals surface area contributed by atoms with Crippen LogP contribution in [0.25, 0.3) is 0 Å². The molecule has 3 aliphatic rings. The zero-order valence-corrected chi connectivity index (χ0v) is 19.1. The number of amides is 1. The molecular formula is C25H29N5O3. The quantitative estimate of drug-likeness (QED) is 0.672. The molecular weight excluding hydrogens is 418 g/mol. The predicted octanol–water partition coefficient (Wildman–Crippen LogP) is 2.88. The number of anilines is 1. The fourth-order valence-electron chi connectivity index (χ4n) is 5.45. The molecule has 0 aromatic carbocycles. The topological polar surface area (TPSA) is 91.6 Å². The third-order valence-corrected chi connectivity index (χ3v) is 7.45. The number of aromatic nitrogens is 2. The summed E-state index contributed by atoms with van der Waals surface area (Å²) in [6.07, 6.45) is 7.16. The van der Waals surface area contributed by atoms with Crippen LogP contribution in [0.2, 0.25) is 0 Å². The molecule has 2 aromatic rings. The lowest BCUT2D eigenvalue weighted by molar-refractivity contribution is -0.155. The summed E-state index contributed by atoms with van der Waals surface area (Å²) in [5, 5.41) is 9.05. The Morgan fingerprint density at radius 1 is 1.27 bits per heavy atom. The second-order valence-corrected chi connectivity index (χ2v) is 9.37. The molecule has 0 radical (unpaired) electrons. The van der Waals surface area contributed by atoms with E-state index in [0.717, 1.165) is 42.9 Å². The van der Waals surface area contributed by atoms with Crippen LogP contribution in [0.5, 0.6) is 5.75 Å². The van der Waals surface area contributed by atoms with Gasteiger partial charge in [0.25, 0.3) is 0 Å². The van der Waals surface area contributed by atoms with Crippen LogP contribution in [-0.4, -0.2) is 59.7 Å². The lowest BCUT2D eigenvalue weighted by Gasteiger charge is -2.44. The van der Waals surface area contributed by atoms with Crippen LogP contribution in [-0.2, 0) is 15.1 Å². The molecule has 2 saturated heterocycles. The van der Waals surface area contributed by atoms with Crippen LogP contribution in [0.4, 0.5) is 5.82 Å². The van der Waals surface area contributed by atoms with E-state index in [1.165, 1.54) is 0 Å². The molecule has 3 atom stereocenters. The van der Waals surface area contributed by atoms with Crippen molar-refractivity contribution >= 4 is 11.7 Å². The summed E-state index contributed by atoms with van der Waals surface area (Å²) in [5.41, 5.74) is 0.900. The second kappa shape index (κ2) is 8.64. The number of carbonyl (C=O) groups excluding carboxylic acids is 1. The number of methoxy groups -OCH3 is 1. The molecule has 0 N–H and O–H groups in total. The van der Waals surface area contributed by atoms with Gasteiger partial charge in [0.05, 0.1) is 24.4 Å². The van der Waals surface area contributed by atoms with Crippen molar-refractivity contribution in [2.75, 3.05) is 31.7 Å². The summed E-state index contributed by atoms with van der Waals surface area (Å²) in [5.74, 6) is 2.12. The molecule has 0 spiro atoms. The van der Waals surface area contributed by atoms with Crippen LogP contribution in [0, 0.1) is 17.2 Å². The number of hydrogen-bond donors (Lipinski definition) is 0. The Balaban J connectivity index is 1.25. The molecule has 4 heterocycles. The van der Waals surface area contributed by atoms with E-state index in [9.17, 15) is 4.79 Å². The molecule has 1 amide bonds. The number of pyridine rings is 2. The first kappa shape index (κ1) is 21.7. The molecule has 33 heavy (non-hydrogen) atoms. The van der Waals surface area contributed by atoms with Crippen molar-refractivity contribution in [3.8, 4) is 11.8 Å². The molecule has 8 nitrogen and oxygen atoms in total. The van der Waals surface area contributed by atoms with Gasteiger partial charge in [-0.2, -0.15) is 5.26 Å². The fraction of sp³-hybridized carbons (Fsp3) is 0.520. The van der Waals surface area contributed by atoms with Crippen molar-refractivity contribution in [3.63, 3.8) is 0 Å². The predicted molar refractivity (Wildman–Crippen MR) is 122 cm³/mol. The highest BCUT2D eigenvalue weighted by atomic mass is 16.5. The molecule has 2 unspecified atom stereocenters. The van der Waals surface area contributed by atoms with Gasteiger partial charge in [0.1, 0.15) is 29.8 Å². The third kappa shape index (κ3) is 3.91. The van der Waals surface area contributed by atoms with Gasteiger partial charge in [0, 0.05) is 37.6 Å². The highest BCUT2D eigenvalue weighted by molar-refractivity contribution is 5.78. The van der Waals surface area contributed by atoms with E-state index >= 15 is 0 Å². The zero-order chi connectivity index (χ0) is 23.0. The fourth-order valence-corrected chi connectivity index (χ4v) is 5.45. The maximum atomic E-state index is 13.2. The molecule has 8 heteroatoms. The first-order chi connectivity index (χ1) is 16.0. The van der Waals surface area contributed by atoms with Gasteiger partial charge < -0.3 is 19.3 Å². The first-order valence-corrected chi connectivity index (χ1v) is 11.6. The summed E-state index contributed by atoms with van der Waals surface area (Å²) in [4.78, 5) is 26.5. The van der Waals surface area contributed by atoms with Gasteiger partial charge in [0.15, 0.2) is 0 Å². The molecule has 2 aromatic heterocycles. The Hall–Kier alpha value is -3.18. The summed E-state index contributed by atoms with van der Waals surface area (Å²) in [7, 11) is 1.64. The van der Waals surface area contributed by atoms with Crippen LogP contribution < -0.4 is 9.64 Å². The number of rotatable bonds is 6. The smallest absolute Gasteiger partial charge is 0.248 e. The number of piperazine rings is 1. The number of likely N-dealkylation sites (tertiary alicyclic amines) is 1. The van der Waals surface area contributed by atoms with Crippen LogP contribution in [0.15, 0.2) is 36.7 Å². The molecule has 1 saturated carbocycles. The van der Waals surface area contributed by atoms with Crippen molar-refractivity contribution in [2.24, 2.45) is 5.92 Å². The Morgan fingerprint density at radius 2 is 2.12 bits per heavy atom.